The SMILES string of the molecule is CCCNc1cc(C(=O)NCC2(C)CC2)cc(C(C)C)n1. The van der Waals surface area contributed by atoms with E-state index in [1.54, 1.807) is 0 Å². The van der Waals surface area contributed by atoms with Crippen LogP contribution in [0.1, 0.15) is 68.9 Å². The molecule has 0 unspecified atom stereocenters. The van der Waals surface area contributed by atoms with E-state index < -0.39 is 0 Å². The van der Waals surface area contributed by atoms with Crippen molar-refractivity contribution in [3.63, 3.8) is 0 Å². The molecule has 1 aromatic heterocycles. The number of nitrogens with zero attached hydrogens (tertiary/aromatic N) is 1. The number of amides is 1. The first kappa shape index (κ1) is 15.8. The molecule has 0 aromatic carbocycles. The van der Waals surface area contributed by atoms with Gasteiger partial charge in [-0.2, -0.15) is 0 Å². The monoisotopic (exact) mass is 289 g/mol. The molecule has 0 aliphatic heterocycles. The van der Waals surface area contributed by atoms with Crippen molar-refractivity contribution in [1.29, 1.82) is 0 Å². The first-order chi connectivity index (χ1) is 9.93. The maximum Gasteiger partial charge on any atom is 0.251 e. The van der Waals surface area contributed by atoms with Gasteiger partial charge in [0.25, 0.3) is 5.91 Å². The molecule has 4 heteroatoms. The summed E-state index contributed by atoms with van der Waals surface area (Å²) in [6.45, 7) is 10.2. The number of rotatable bonds is 7. The Morgan fingerprint density at radius 1 is 1.38 bits per heavy atom. The minimum Gasteiger partial charge on any atom is -0.370 e. The molecule has 4 nitrogen and oxygen atoms in total. The molecule has 0 radical (unpaired) electrons. The van der Waals surface area contributed by atoms with E-state index in [9.17, 15) is 4.79 Å². The van der Waals surface area contributed by atoms with Gasteiger partial charge in [-0.25, -0.2) is 4.98 Å². The quantitative estimate of drug-likeness (QED) is 0.807. The smallest absolute Gasteiger partial charge is 0.251 e. The maximum absolute atomic E-state index is 12.4. The lowest BCUT2D eigenvalue weighted by Crippen LogP contribution is -2.29. The Kier molecular flexibility index (Phi) is 4.86. The predicted octanol–water partition coefficient (Wildman–Crippen LogP) is 3.56. The summed E-state index contributed by atoms with van der Waals surface area (Å²) in [5, 5.41) is 6.33. The highest BCUT2D eigenvalue weighted by Crippen LogP contribution is 2.44. The van der Waals surface area contributed by atoms with Crippen molar-refractivity contribution < 1.29 is 4.79 Å². The van der Waals surface area contributed by atoms with Crippen molar-refractivity contribution in [1.82, 2.24) is 10.3 Å². The van der Waals surface area contributed by atoms with Gasteiger partial charge in [0.15, 0.2) is 0 Å². The van der Waals surface area contributed by atoms with Crippen LogP contribution in [-0.2, 0) is 0 Å². The van der Waals surface area contributed by atoms with Gasteiger partial charge < -0.3 is 10.6 Å². The standard InChI is InChI=1S/C17H27N3O/c1-5-8-18-15-10-13(9-14(20-15)12(2)3)16(21)19-11-17(4)6-7-17/h9-10,12H,5-8,11H2,1-4H3,(H,18,20)(H,19,21). The van der Waals surface area contributed by atoms with Gasteiger partial charge in [-0.1, -0.05) is 27.7 Å². The summed E-state index contributed by atoms with van der Waals surface area (Å²) in [4.78, 5) is 16.9. The van der Waals surface area contributed by atoms with Crippen molar-refractivity contribution >= 4 is 11.7 Å². The third kappa shape index (κ3) is 4.45. The Hall–Kier alpha value is -1.58. The van der Waals surface area contributed by atoms with Gasteiger partial charge in [0.2, 0.25) is 0 Å². The summed E-state index contributed by atoms with van der Waals surface area (Å²) >= 11 is 0. The minimum absolute atomic E-state index is 0.00646. The molecular formula is C17H27N3O. The number of carbonyl (C=O) groups is 1. The molecule has 1 aliphatic rings. The molecular weight excluding hydrogens is 262 g/mol. The normalized spacial score (nSPS) is 15.9. The number of hydrogen-bond acceptors (Lipinski definition) is 3. The maximum atomic E-state index is 12.4. The van der Waals surface area contributed by atoms with Gasteiger partial charge >= 0.3 is 0 Å². The van der Waals surface area contributed by atoms with E-state index in [0.29, 0.717) is 16.9 Å². The molecule has 116 valence electrons. The van der Waals surface area contributed by atoms with Crippen LogP contribution in [0.25, 0.3) is 0 Å². The second-order valence-electron chi connectivity index (χ2n) is 6.74. The zero-order valence-electron chi connectivity index (χ0n) is 13.6. The Morgan fingerprint density at radius 2 is 2.10 bits per heavy atom. The van der Waals surface area contributed by atoms with E-state index in [0.717, 1.165) is 31.0 Å². The average molecular weight is 289 g/mol. The average Bonchev–Trinajstić information content (AvgIpc) is 3.20. The minimum atomic E-state index is 0.00646. The second-order valence-corrected chi connectivity index (χ2v) is 6.74. The predicted molar refractivity (Wildman–Crippen MR) is 86.8 cm³/mol. The highest BCUT2D eigenvalue weighted by atomic mass is 16.1. The molecule has 21 heavy (non-hydrogen) atoms. The highest BCUT2D eigenvalue weighted by Gasteiger charge is 2.37. The number of anilines is 1. The fourth-order valence-electron chi connectivity index (χ4n) is 2.11. The molecule has 1 aromatic rings. The molecule has 1 amide bonds. The molecule has 1 saturated carbocycles. The molecule has 1 fully saturated rings. The van der Waals surface area contributed by atoms with Crippen LogP contribution in [0.15, 0.2) is 12.1 Å². The van der Waals surface area contributed by atoms with Crippen LogP contribution in [0.2, 0.25) is 0 Å². The molecule has 2 N–H and O–H groups in total. The van der Waals surface area contributed by atoms with Gasteiger partial charge in [0, 0.05) is 24.3 Å². The third-order valence-electron chi connectivity index (χ3n) is 4.03. The molecule has 0 spiro atoms. The Labute approximate surface area is 127 Å². The van der Waals surface area contributed by atoms with E-state index >= 15 is 0 Å². The molecule has 0 saturated heterocycles. The lowest BCUT2D eigenvalue weighted by Gasteiger charge is -2.14. The summed E-state index contributed by atoms with van der Waals surface area (Å²) < 4.78 is 0. The van der Waals surface area contributed by atoms with Gasteiger partial charge in [-0.05, 0) is 42.7 Å². The first-order valence-electron chi connectivity index (χ1n) is 7.97. The molecule has 0 atom stereocenters. The molecule has 0 bridgehead atoms. The van der Waals surface area contributed by atoms with Gasteiger partial charge in [-0.3, -0.25) is 4.79 Å². The van der Waals surface area contributed by atoms with Crippen molar-refractivity contribution in [3.05, 3.63) is 23.4 Å². The van der Waals surface area contributed by atoms with Gasteiger partial charge in [0.05, 0.1) is 0 Å². The summed E-state index contributed by atoms with van der Waals surface area (Å²) in [6, 6.07) is 3.76. The fourth-order valence-corrected chi connectivity index (χ4v) is 2.11. The van der Waals surface area contributed by atoms with Crippen molar-refractivity contribution in [2.75, 3.05) is 18.4 Å². The largest absolute Gasteiger partial charge is 0.370 e. The molecule has 2 rings (SSSR count). The van der Waals surface area contributed by atoms with E-state index in [2.05, 4.69) is 43.3 Å². The van der Waals surface area contributed by atoms with Crippen molar-refractivity contribution in [2.45, 2.75) is 52.9 Å². The van der Waals surface area contributed by atoms with Gasteiger partial charge in [0.1, 0.15) is 5.82 Å². The van der Waals surface area contributed by atoms with E-state index in [4.69, 9.17) is 0 Å². The Balaban J connectivity index is 2.11. The van der Waals surface area contributed by atoms with Crippen LogP contribution in [-0.4, -0.2) is 24.0 Å². The first-order valence-corrected chi connectivity index (χ1v) is 7.97. The number of hydrogen-bond donors (Lipinski definition) is 2. The fraction of sp³-hybridized carbons (Fsp3) is 0.647. The Morgan fingerprint density at radius 3 is 2.67 bits per heavy atom. The number of nitrogens with one attached hydrogen (secondary N) is 2. The zero-order valence-corrected chi connectivity index (χ0v) is 13.6. The summed E-state index contributed by atoms with van der Waals surface area (Å²) in [7, 11) is 0. The van der Waals surface area contributed by atoms with Crippen LogP contribution in [0.3, 0.4) is 0 Å². The second kappa shape index (κ2) is 6.46. The van der Waals surface area contributed by atoms with E-state index in [1.807, 2.05) is 12.1 Å². The topological polar surface area (TPSA) is 54.0 Å². The number of carbonyl (C=O) groups excluding carboxylic acids is 1. The van der Waals surface area contributed by atoms with Gasteiger partial charge in [-0.15, -0.1) is 0 Å². The number of aromatic nitrogens is 1. The van der Waals surface area contributed by atoms with Crippen LogP contribution in [0.5, 0.6) is 0 Å². The van der Waals surface area contributed by atoms with E-state index in [1.165, 1.54) is 12.8 Å². The molecule has 1 aliphatic carbocycles. The lowest BCUT2D eigenvalue weighted by atomic mass is 10.1. The van der Waals surface area contributed by atoms with Crippen molar-refractivity contribution in [2.24, 2.45) is 5.41 Å². The summed E-state index contributed by atoms with van der Waals surface area (Å²) in [5.74, 6) is 1.11. The summed E-state index contributed by atoms with van der Waals surface area (Å²) in [6.07, 6.45) is 3.46. The third-order valence-corrected chi connectivity index (χ3v) is 4.03. The van der Waals surface area contributed by atoms with Crippen LogP contribution in [0, 0.1) is 5.41 Å². The van der Waals surface area contributed by atoms with E-state index in [-0.39, 0.29) is 5.91 Å². The lowest BCUT2D eigenvalue weighted by molar-refractivity contribution is 0.0946. The Bertz CT molecular complexity index is 507. The zero-order chi connectivity index (χ0) is 15.5. The van der Waals surface area contributed by atoms with Crippen LogP contribution >= 0.6 is 0 Å². The van der Waals surface area contributed by atoms with Crippen LogP contribution < -0.4 is 10.6 Å². The van der Waals surface area contributed by atoms with Crippen molar-refractivity contribution in [3.8, 4) is 0 Å². The van der Waals surface area contributed by atoms with Crippen LogP contribution in [0.4, 0.5) is 5.82 Å². The highest BCUT2D eigenvalue weighted by molar-refractivity contribution is 5.95. The summed E-state index contributed by atoms with van der Waals surface area (Å²) in [5.41, 5.74) is 1.99. The molecule has 1 heterocycles. The number of pyridine rings is 1.